The van der Waals surface area contributed by atoms with Crippen molar-refractivity contribution in [1.82, 2.24) is 0 Å². The largest absolute Gasteiger partial charge is 0.369 e. The van der Waals surface area contributed by atoms with Crippen LogP contribution in [-0.2, 0) is 4.79 Å². The second-order valence-electron chi connectivity index (χ2n) is 4.69. The Labute approximate surface area is 102 Å². The number of hydrogen-bond donors (Lipinski definition) is 2. The van der Waals surface area contributed by atoms with Crippen LogP contribution in [0.3, 0.4) is 0 Å². The lowest BCUT2D eigenvalue weighted by Crippen LogP contribution is -2.23. The Morgan fingerprint density at radius 2 is 1.82 bits per heavy atom. The first-order chi connectivity index (χ1) is 7.91. The summed E-state index contributed by atoms with van der Waals surface area (Å²) in [5.41, 5.74) is 6.81. The Morgan fingerprint density at radius 3 is 2.24 bits per heavy atom. The molecule has 1 aromatic rings. The molecule has 0 aromatic heterocycles. The van der Waals surface area contributed by atoms with Crippen molar-refractivity contribution in [2.75, 3.05) is 11.6 Å². The van der Waals surface area contributed by atoms with E-state index in [0.717, 1.165) is 11.3 Å². The molecule has 1 rings (SSSR count). The molecule has 0 aliphatic heterocycles. The van der Waals surface area contributed by atoms with E-state index in [1.165, 1.54) is 5.06 Å². The van der Waals surface area contributed by atoms with Gasteiger partial charge in [-0.3, -0.25) is 15.1 Å². The van der Waals surface area contributed by atoms with Gasteiger partial charge < -0.3 is 5.73 Å². The van der Waals surface area contributed by atoms with Crippen molar-refractivity contribution in [3.8, 4) is 0 Å². The lowest BCUT2D eigenvalue weighted by atomic mass is 10.0. The Bertz CT molecular complexity index is 374. The third kappa shape index (κ3) is 3.75. The van der Waals surface area contributed by atoms with Gasteiger partial charge in [0.05, 0.1) is 11.6 Å². The molecule has 0 aliphatic rings. The van der Waals surface area contributed by atoms with Crippen LogP contribution in [0.4, 0.5) is 5.69 Å². The number of carbonyl (C=O) groups is 1. The molecule has 94 valence electrons. The fourth-order valence-electron chi connectivity index (χ4n) is 1.55. The van der Waals surface area contributed by atoms with Crippen LogP contribution in [0.15, 0.2) is 24.3 Å². The molecule has 0 bridgehead atoms. The zero-order chi connectivity index (χ0) is 13.0. The SMILES string of the molecule is CC(C)CN(O)c1ccc(C(C)C(N)=O)cc1. The molecule has 3 N–H and O–H groups in total. The maximum atomic E-state index is 11.0. The topological polar surface area (TPSA) is 66.6 Å². The summed E-state index contributed by atoms with van der Waals surface area (Å²) in [7, 11) is 0. The van der Waals surface area contributed by atoms with Gasteiger partial charge in [0.1, 0.15) is 0 Å². The third-order valence-electron chi connectivity index (χ3n) is 2.66. The van der Waals surface area contributed by atoms with Gasteiger partial charge in [-0.25, -0.2) is 0 Å². The van der Waals surface area contributed by atoms with Gasteiger partial charge >= 0.3 is 0 Å². The molecule has 0 saturated carbocycles. The zero-order valence-corrected chi connectivity index (χ0v) is 10.6. The molecule has 1 amide bonds. The van der Waals surface area contributed by atoms with E-state index in [2.05, 4.69) is 0 Å². The number of benzene rings is 1. The second kappa shape index (κ2) is 5.68. The smallest absolute Gasteiger partial charge is 0.224 e. The fourth-order valence-corrected chi connectivity index (χ4v) is 1.55. The molecule has 4 heteroatoms. The summed E-state index contributed by atoms with van der Waals surface area (Å²) in [6.45, 7) is 6.41. The quantitative estimate of drug-likeness (QED) is 0.770. The van der Waals surface area contributed by atoms with Crippen LogP contribution in [-0.4, -0.2) is 17.7 Å². The highest BCUT2D eigenvalue weighted by molar-refractivity contribution is 5.81. The van der Waals surface area contributed by atoms with Crippen molar-refractivity contribution in [1.29, 1.82) is 0 Å². The van der Waals surface area contributed by atoms with Crippen LogP contribution in [0.5, 0.6) is 0 Å². The number of rotatable bonds is 5. The highest BCUT2D eigenvalue weighted by atomic mass is 16.5. The minimum atomic E-state index is -0.346. The maximum Gasteiger partial charge on any atom is 0.224 e. The summed E-state index contributed by atoms with van der Waals surface area (Å²) < 4.78 is 0. The molecule has 0 fully saturated rings. The first kappa shape index (κ1) is 13.5. The molecular weight excluding hydrogens is 216 g/mol. The Hall–Kier alpha value is -1.55. The zero-order valence-electron chi connectivity index (χ0n) is 10.6. The molecular formula is C13H20N2O2. The monoisotopic (exact) mass is 236 g/mol. The van der Waals surface area contributed by atoms with Crippen LogP contribution in [0, 0.1) is 5.92 Å². The minimum Gasteiger partial charge on any atom is -0.369 e. The molecule has 17 heavy (non-hydrogen) atoms. The molecule has 1 aromatic carbocycles. The van der Waals surface area contributed by atoms with Gasteiger partial charge in [-0.1, -0.05) is 26.0 Å². The number of anilines is 1. The van der Waals surface area contributed by atoms with Crippen molar-refractivity contribution >= 4 is 11.6 Å². The van der Waals surface area contributed by atoms with Gasteiger partial charge in [0, 0.05) is 6.54 Å². The van der Waals surface area contributed by atoms with Crippen molar-refractivity contribution in [3.05, 3.63) is 29.8 Å². The Balaban J connectivity index is 2.77. The third-order valence-corrected chi connectivity index (χ3v) is 2.66. The number of hydrogen-bond acceptors (Lipinski definition) is 3. The maximum absolute atomic E-state index is 11.0. The summed E-state index contributed by atoms with van der Waals surface area (Å²) in [5.74, 6) is -0.272. The summed E-state index contributed by atoms with van der Waals surface area (Å²) in [6.07, 6.45) is 0. The number of primary amides is 1. The number of hydroxylamine groups is 1. The van der Waals surface area contributed by atoms with Gasteiger partial charge in [-0.05, 0) is 30.5 Å². The summed E-state index contributed by atoms with van der Waals surface area (Å²) >= 11 is 0. The first-order valence-corrected chi connectivity index (χ1v) is 5.77. The van der Waals surface area contributed by atoms with Gasteiger partial charge in [0.25, 0.3) is 0 Å². The van der Waals surface area contributed by atoms with E-state index in [-0.39, 0.29) is 11.8 Å². The van der Waals surface area contributed by atoms with E-state index in [1.807, 2.05) is 26.0 Å². The Kier molecular flexibility index (Phi) is 4.52. The van der Waals surface area contributed by atoms with E-state index in [1.54, 1.807) is 19.1 Å². The normalized spacial score (nSPS) is 12.5. The predicted octanol–water partition coefficient (Wildman–Crippen LogP) is 2.13. The molecule has 4 nitrogen and oxygen atoms in total. The number of carbonyl (C=O) groups excluding carboxylic acids is 1. The van der Waals surface area contributed by atoms with Crippen LogP contribution in [0.1, 0.15) is 32.3 Å². The number of nitrogens with two attached hydrogens (primary N) is 1. The highest BCUT2D eigenvalue weighted by Gasteiger charge is 2.12. The average Bonchev–Trinajstić information content (AvgIpc) is 2.27. The standard InChI is InChI=1S/C13H20N2O2/c1-9(2)8-15(17)12-6-4-11(5-7-12)10(3)13(14)16/h4-7,9-10,17H,8H2,1-3H3,(H2,14,16). The molecule has 1 atom stereocenters. The number of nitrogens with zero attached hydrogens (tertiary/aromatic N) is 1. The average molecular weight is 236 g/mol. The van der Waals surface area contributed by atoms with Crippen LogP contribution >= 0.6 is 0 Å². The Morgan fingerprint density at radius 1 is 1.29 bits per heavy atom. The second-order valence-corrected chi connectivity index (χ2v) is 4.69. The van der Waals surface area contributed by atoms with Gasteiger partial charge in [-0.15, -0.1) is 0 Å². The van der Waals surface area contributed by atoms with Crippen molar-refractivity contribution in [2.45, 2.75) is 26.7 Å². The van der Waals surface area contributed by atoms with Crippen LogP contribution in [0.2, 0.25) is 0 Å². The van der Waals surface area contributed by atoms with E-state index in [4.69, 9.17) is 5.73 Å². The van der Waals surface area contributed by atoms with Crippen molar-refractivity contribution < 1.29 is 10.0 Å². The van der Waals surface area contributed by atoms with Gasteiger partial charge in [0.15, 0.2) is 0 Å². The predicted molar refractivity (Wildman–Crippen MR) is 68.0 cm³/mol. The van der Waals surface area contributed by atoms with Crippen LogP contribution in [0.25, 0.3) is 0 Å². The van der Waals surface area contributed by atoms with E-state index < -0.39 is 0 Å². The molecule has 0 radical (unpaired) electrons. The van der Waals surface area contributed by atoms with Crippen LogP contribution < -0.4 is 10.8 Å². The van der Waals surface area contributed by atoms with E-state index >= 15 is 0 Å². The van der Waals surface area contributed by atoms with E-state index in [9.17, 15) is 10.0 Å². The first-order valence-electron chi connectivity index (χ1n) is 5.77. The summed E-state index contributed by atoms with van der Waals surface area (Å²) in [5, 5.41) is 11.0. The lowest BCUT2D eigenvalue weighted by Gasteiger charge is -2.19. The van der Waals surface area contributed by atoms with Crippen molar-refractivity contribution in [2.24, 2.45) is 11.7 Å². The molecule has 0 saturated heterocycles. The number of amides is 1. The van der Waals surface area contributed by atoms with Crippen molar-refractivity contribution in [3.63, 3.8) is 0 Å². The summed E-state index contributed by atoms with van der Waals surface area (Å²) in [4.78, 5) is 11.0. The van der Waals surface area contributed by atoms with E-state index in [0.29, 0.717) is 12.5 Å². The molecule has 0 spiro atoms. The van der Waals surface area contributed by atoms with Gasteiger partial charge in [-0.2, -0.15) is 0 Å². The fraction of sp³-hybridized carbons (Fsp3) is 0.462. The highest BCUT2D eigenvalue weighted by Crippen LogP contribution is 2.20. The lowest BCUT2D eigenvalue weighted by molar-refractivity contribution is -0.119. The molecule has 1 unspecified atom stereocenters. The molecule has 0 heterocycles. The minimum absolute atomic E-state index is 0.304. The molecule has 0 aliphatic carbocycles. The summed E-state index contributed by atoms with van der Waals surface area (Å²) in [6, 6.07) is 7.21. The van der Waals surface area contributed by atoms with Gasteiger partial charge in [0.2, 0.25) is 5.91 Å².